The Bertz CT molecular complexity index is 2790. The van der Waals surface area contributed by atoms with Gasteiger partial charge in [0.25, 0.3) is 0 Å². The molecule has 2 aromatic heterocycles. The highest BCUT2D eigenvalue weighted by molar-refractivity contribution is 6.10. The number of aromatic nitrogens is 2. The van der Waals surface area contributed by atoms with Crippen LogP contribution in [0.4, 0.5) is 0 Å². The number of allylic oxidation sites excluding steroid dienone is 1. The molecule has 0 N–H and O–H groups in total. The van der Waals surface area contributed by atoms with Gasteiger partial charge in [0.05, 0.1) is 21.9 Å². The van der Waals surface area contributed by atoms with Crippen LogP contribution >= 0.6 is 0 Å². The summed E-state index contributed by atoms with van der Waals surface area (Å²) in [4.78, 5) is 0. The number of benzene rings is 7. The predicted octanol–water partition coefficient (Wildman–Crippen LogP) is 11.5. The Kier molecular flexibility index (Phi) is 7.56. The van der Waals surface area contributed by atoms with Crippen LogP contribution in [-0.2, 0) is 0 Å². The van der Waals surface area contributed by atoms with Crippen molar-refractivity contribution >= 4 is 44.9 Å². The second-order valence-corrected chi connectivity index (χ2v) is 13.0. The van der Waals surface area contributed by atoms with Crippen LogP contribution in [0.15, 0.2) is 183 Å². The van der Waals surface area contributed by atoms with Gasteiger partial charge in [0.1, 0.15) is 0 Å². The lowest BCUT2D eigenvalue weighted by molar-refractivity contribution is 1.07. The van der Waals surface area contributed by atoms with Gasteiger partial charge in [-0.3, -0.25) is 0 Å². The first kappa shape index (κ1) is 30.4. The molecule has 0 amide bonds. The molecule has 0 aliphatic heterocycles. The summed E-state index contributed by atoms with van der Waals surface area (Å²) in [6.07, 6.45) is 6.16. The van der Waals surface area contributed by atoms with Gasteiger partial charge in [-0.2, -0.15) is 0 Å². The average molecular weight is 653 g/mol. The number of nitrogens with zero attached hydrogens (tertiary/aromatic N) is 2. The van der Waals surface area contributed by atoms with Gasteiger partial charge in [-0.15, -0.1) is 0 Å². The molecule has 0 aliphatic carbocycles. The molecule has 9 rings (SSSR count). The van der Waals surface area contributed by atoms with Crippen molar-refractivity contribution in [3.63, 3.8) is 0 Å². The van der Waals surface area contributed by atoms with Gasteiger partial charge in [-0.25, -0.2) is 0 Å². The Morgan fingerprint density at radius 2 is 0.941 bits per heavy atom. The first-order chi connectivity index (χ1) is 25.2. The molecule has 7 aromatic carbocycles. The highest BCUT2D eigenvalue weighted by Crippen LogP contribution is 2.38. The highest BCUT2D eigenvalue weighted by Gasteiger charge is 2.16. The van der Waals surface area contributed by atoms with Crippen molar-refractivity contribution < 1.29 is 0 Å². The zero-order valence-electron chi connectivity index (χ0n) is 28.5. The fraction of sp³-hybridized carbons (Fsp3) is 0.0204. The maximum absolute atomic E-state index is 4.01. The molecule has 0 atom stereocenters. The molecule has 0 unspecified atom stereocenters. The monoisotopic (exact) mass is 652 g/mol. The maximum Gasteiger partial charge on any atom is 0.0541 e. The van der Waals surface area contributed by atoms with E-state index in [2.05, 4.69) is 205 Å². The molecule has 2 heteroatoms. The Labute approximate surface area is 297 Å². The van der Waals surface area contributed by atoms with E-state index in [1.54, 1.807) is 0 Å². The van der Waals surface area contributed by atoms with Crippen molar-refractivity contribution in [2.75, 3.05) is 0 Å². The van der Waals surface area contributed by atoms with E-state index in [1.807, 2.05) is 6.08 Å². The first-order valence-electron chi connectivity index (χ1n) is 17.5. The lowest BCUT2D eigenvalue weighted by Crippen LogP contribution is -2.27. The van der Waals surface area contributed by atoms with E-state index in [0.717, 1.165) is 16.7 Å². The Morgan fingerprint density at radius 3 is 1.57 bits per heavy atom. The summed E-state index contributed by atoms with van der Waals surface area (Å²) in [5.41, 5.74) is 13.0. The van der Waals surface area contributed by atoms with Crippen molar-refractivity contribution in [3.05, 3.63) is 193 Å². The molecule has 0 bridgehead atoms. The van der Waals surface area contributed by atoms with Crippen molar-refractivity contribution in [1.82, 2.24) is 9.13 Å². The molecule has 0 saturated heterocycles. The summed E-state index contributed by atoms with van der Waals surface area (Å²) < 4.78 is 4.76. The molecule has 0 saturated carbocycles. The summed E-state index contributed by atoms with van der Waals surface area (Å²) in [7, 11) is 0. The second kappa shape index (κ2) is 12.7. The zero-order valence-corrected chi connectivity index (χ0v) is 28.5. The van der Waals surface area contributed by atoms with E-state index in [1.165, 1.54) is 71.3 Å². The first-order valence-corrected chi connectivity index (χ1v) is 17.5. The van der Waals surface area contributed by atoms with Gasteiger partial charge in [-0.1, -0.05) is 134 Å². The number of rotatable bonds is 6. The average Bonchev–Trinajstić information content (AvgIpc) is 3.70. The number of para-hydroxylation sites is 2. The molecule has 2 heterocycles. The third kappa shape index (κ3) is 5.21. The SMILES string of the molecule is C=C/C=c1\c(=C/C)c2ccccc2n1-c1ccc(-c2ccc3c(c2)c2ccccc2n3-c2cc(-c3ccccc3)cc(-c3ccccc3)c2)cc1. The molecule has 0 spiro atoms. The van der Waals surface area contributed by atoms with Crippen molar-refractivity contribution in [3.8, 4) is 44.8 Å². The van der Waals surface area contributed by atoms with Crippen molar-refractivity contribution in [2.24, 2.45) is 0 Å². The van der Waals surface area contributed by atoms with Crippen LogP contribution in [0, 0.1) is 0 Å². The molecular formula is C49H36N2. The fourth-order valence-corrected chi connectivity index (χ4v) is 7.71. The normalized spacial score (nSPS) is 12.3. The van der Waals surface area contributed by atoms with Crippen LogP contribution in [0.1, 0.15) is 6.92 Å². The maximum atomic E-state index is 4.01. The topological polar surface area (TPSA) is 9.86 Å². The summed E-state index contributed by atoms with van der Waals surface area (Å²) in [5.74, 6) is 0. The Hall–Kier alpha value is -6.64. The van der Waals surface area contributed by atoms with Gasteiger partial charge in [0.2, 0.25) is 0 Å². The minimum atomic E-state index is 1.13. The van der Waals surface area contributed by atoms with Gasteiger partial charge in [0, 0.05) is 32.8 Å². The smallest absolute Gasteiger partial charge is 0.0541 e. The minimum Gasteiger partial charge on any atom is -0.309 e. The van der Waals surface area contributed by atoms with Gasteiger partial charge >= 0.3 is 0 Å². The van der Waals surface area contributed by atoms with Crippen LogP contribution in [0.2, 0.25) is 0 Å². The molecule has 0 fully saturated rings. The summed E-state index contributed by atoms with van der Waals surface area (Å²) >= 11 is 0. The molecule has 51 heavy (non-hydrogen) atoms. The number of fused-ring (bicyclic) bond motifs is 4. The van der Waals surface area contributed by atoms with Crippen molar-refractivity contribution in [2.45, 2.75) is 6.92 Å². The summed E-state index contributed by atoms with van der Waals surface area (Å²) in [5, 5.41) is 6.08. The van der Waals surface area contributed by atoms with E-state index in [0.29, 0.717) is 0 Å². The van der Waals surface area contributed by atoms with E-state index in [-0.39, 0.29) is 0 Å². The molecule has 0 aliphatic rings. The molecule has 0 radical (unpaired) electrons. The second-order valence-electron chi connectivity index (χ2n) is 13.0. The lowest BCUT2D eigenvalue weighted by atomic mass is 9.98. The van der Waals surface area contributed by atoms with Gasteiger partial charge in [-0.05, 0) is 101 Å². The standard InChI is InChI=1S/C49H36N2/c1-3-15-46-42(4-2)43-20-11-13-22-47(43)50(46)40-27-24-36(25-28-40)37-26-29-49-45(33-37)44-21-12-14-23-48(44)51(49)41-31-38(34-16-7-5-8-17-34)30-39(32-41)35-18-9-6-10-19-35/h3-33H,1H2,2H3/b42-4-,46-15+. The van der Waals surface area contributed by atoms with E-state index in [4.69, 9.17) is 0 Å². The summed E-state index contributed by atoms with van der Waals surface area (Å²) in [6.45, 7) is 6.11. The zero-order chi connectivity index (χ0) is 34.3. The molecule has 2 nitrogen and oxygen atoms in total. The summed E-state index contributed by atoms with van der Waals surface area (Å²) in [6, 6.07) is 61.5. The van der Waals surface area contributed by atoms with E-state index < -0.39 is 0 Å². The van der Waals surface area contributed by atoms with Crippen LogP contribution in [0.3, 0.4) is 0 Å². The Balaban J connectivity index is 1.19. The van der Waals surface area contributed by atoms with Crippen LogP contribution in [0.25, 0.3) is 89.6 Å². The van der Waals surface area contributed by atoms with Crippen LogP contribution in [-0.4, -0.2) is 9.13 Å². The van der Waals surface area contributed by atoms with Crippen molar-refractivity contribution in [1.29, 1.82) is 0 Å². The van der Waals surface area contributed by atoms with E-state index >= 15 is 0 Å². The highest BCUT2D eigenvalue weighted by atomic mass is 15.0. The number of hydrogen-bond donors (Lipinski definition) is 0. The fourth-order valence-electron chi connectivity index (χ4n) is 7.71. The predicted molar refractivity (Wildman–Crippen MR) is 218 cm³/mol. The lowest BCUT2D eigenvalue weighted by Gasteiger charge is -2.14. The van der Waals surface area contributed by atoms with Crippen LogP contribution < -0.4 is 10.6 Å². The third-order valence-electron chi connectivity index (χ3n) is 10.0. The van der Waals surface area contributed by atoms with Gasteiger partial charge < -0.3 is 9.13 Å². The Morgan fingerprint density at radius 1 is 0.412 bits per heavy atom. The molecule has 9 aromatic rings. The third-order valence-corrected chi connectivity index (χ3v) is 10.0. The minimum absolute atomic E-state index is 1.13. The molecule has 242 valence electrons. The van der Waals surface area contributed by atoms with Gasteiger partial charge in [0.15, 0.2) is 0 Å². The molecular weight excluding hydrogens is 617 g/mol. The van der Waals surface area contributed by atoms with Crippen LogP contribution in [0.5, 0.6) is 0 Å². The number of hydrogen-bond acceptors (Lipinski definition) is 0. The quantitative estimate of drug-likeness (QED) is 0.169. The van der Waals surface area contributed by atoms with E-state index in [9.17, 15) is 0 Å². The largest absolute Gasteiger partial charge is 0.309 e.